The molecule has 0 bridgehead atoms. The van der Waals surface area contributed by atoms with Crippen LogP contribution in [0.5, 0.6) is 0 Å². The molecule has 5 nitrogen and oxygen atoms in total. The first-order valence-electron chi connectivity index (χ1n) is 4.79. The van der Waals surface area contributed by atoms with Gasteiger partial charge in [-0.3, -0.25) is 0 Å². The third kappa shape index (κ3) is 2.66. The third-order valence-corrected chi connectivity index (χ3v) is 3.27. The molecule has 1 saturated carbocycles. The summed E-state index contributed by atoms with van der Waals surface area (Å²) in [6.07, 6.45) is 3.94. The highest BCUT2D eigenvalue weighted by Gasteiger charge is 2.22. The Bertz CT molecular complexity index is 454. The van der Waals surface area contributed by atoms with Crippen LogP contribution in [0.3, 0.4) is 0 Å². The van der Waals surface area contributed by atoms with E-state index in [9.17, 15) is 8.42 Å². The van der Waals surface area contributed by atoms with Crippen molar-refractivity contribution in [1.29, 1.82) is 0 Å². The molecule has 1 aromatic rings. The monoisotopic (exact) mass is 227 g/mol. The van der Waals surface area contributed by atoms with Crippen LogP contribution in [0.15, 0.2) is 23.2 Å². The number of aromatic nitrogens is 1. The average Bonchev–Trinajstić information content (AvgIpc) is 2.97. The van der Waals surface area contributed by atoms with Crippen molar-refractivity contribution in [3.8, 4) is 0 Å². The van der Waals surface area contributed by atoms with Crippen LogP contribution in [0.4, 0.5) is 5.82 Å². The number of hydrogen-bond acceptors (Lipinski definition) is 4. The van der Waals surface area contributed by atoms with Crippen molar-refractivity contribution in [2.24, 2.45) is 11.1 Å². The van der Waals surface area contributed by atoms with Crippen molar-refractivity contribution in [2.45, 2.75) is 17.7 Å². The number of nitrogens with zero attached hydrogens (tertiary/aromatic N) is 1. The Balaban J connectivity index is 2.20. The van der Waals surface area contributed by atoms with Crippen LogP contribution >= 0.6 is 0 Å². The van der Waals surface area contributed by atoms with Gasteiger partial charge in [0, 0.05) is 12.7 Å². The van der Waals surface area contributed by atoms with Gasteiger partial charge in [-0.1, -0.05) is 0 Å². The van der Waals surface area contributed by atoms with Crippen molar-refractivity contribution in [2.75, 3.05) is 11.9 Å². The quantitative estimate of drug-likeness (QED) is 0.786. The molecular formula is C9H13N3O2S. The van der Waals surface area contributed by atoms with E-state index in [1.54, 1.807) is 12.3 Å². The molecule has 1 aliphatic rings. The summed E-state index contributed by atoms with van der Waals surface area (Å²) in [6, 6.07) is 3.01. The second-order valence-corrected chi connectivity index (χ2v) is 5.25. The van der Waals surface area contributed by atoms with Crippen LogP contribution in [0.2, 0.25) is 0 Å². The minimum atomic E-state index is -3.69. The van der Waals surface area contributed by atoms with Crippen molar-refractivity contribution >= 4 is 15.8 Å². The molecule has 1 aliphatic carbocycles. The molecule has 0 spiro atoms. The third-order valence-electron chi connectivity index (χ3n) is 2.33. The van der Waals surface area contributed by atoms with Gasteiger partial charge in [0.1, 0.15) is 10.7 Å². The van der Waals surface area contributed by atoms with Gasteiger partial charge in [0.15, 0.2) is 0 Å². The molecule has 1 aromatic heterocycles. The van der Waals surface area contributed by atoms with E-state index in [0.29, 0.717) is 11.7 Å². The SMILES string of the molecule is NS(=O)(=O)c1cccnc1NCC1CC1. The lowest BCUT2D eigenvalue weighted by atomic mass is 10.4. The van der Waals surface area contributed by atoms with E-state index in [1.807, 2.05) is 0 Å². The van der Waals surface area contributed by atoms with Gasteiger partial charge in [0.05, 0.1) is 0 Å². The van der Waals surface area contributed by atoms with E-state index in [2.05, 4.69) is 10.3 Å². The molecule has 0 amide bonds. The summed E-state index contributed by atoms with van der Waals surface area (Å²) in [5, 5.41) is 8.08. The summed E-state index contributed by atoms with van der Waals surface area (Å²) in [5.74, 6) is 1.01. The lowest BCUT2D eigenvalue weighted by molar-refractivity contribution is 0.597. The topological polar surface area (TPSA) is 85.1 Å². The summed E-state index contributed by atoms with van der Waals surface area (Å²) >= 11 is 0. The Kier molecular flexibility index (Phi) is 2.62. The van der Waals surface area contributed by atoms with E-state index >= 15 is 0 Å². The Hall–Kier alpha value is -1.14. The van der Waals surface area contributed by atoms with E-state index in [0.717, 1.165) is 6.54 Å². The van der Waals surface area contributed by atoms with Crippen molar-refractivity contribution in [3.05, 3.63) is 18.3 Å². The zero-order valence-corrected chi connectivity index (χ0v) is 9.00. The fourth-order valence-corrected chi connectivity index (χ4v) is 1.98. The first-order valence-corrected chi connectivity index (χ1v) is 6.33. The number of rotatable bonds is 4. The highest BCUT2D eigenvalue weighted by atomic mass is 32.2. The molecule has 0 saturated heterocycles. The fraction of sp³-hybridized carbons (Fsp3) is 0.444. The summed E-state index contributed by atoms with van der Waals surface area (Å²) < 4.78 is 22.4. The van der Waals surface area contributed by atoms with Gasteiger partial charge in [-0.15, -0.1) is 0 Å². The van der Waals surface area contributed by atoms with Crippen LogP contribution in [-0.2, 0) is 10.0 Å². The highest BCUT2D eigenvalue weighted by molar-refractivity contribution is 7.89. The number of primary sulfonamides is 1. The van der Waals surface area contributed by atoms with Crippen molar-refractivity contribution in [1.82, 2.24) is 4.98 Å². The zero-order chi connectivity index (χ0) is 10.9. The maximum atomic E-state index is 11.2. The van der Waals surface area contributed by atoms with Crippen molar-refractivity contribution in [3.63, 3.8) is 0 Å². The molecule has 2 rings (SSSR count). The highest BCUT2D eigenvalue weighted by Crippen LogP contribution is 2.29. The summed E-state index contributed by atoms with van der Waals surface area (Å²) in [4.78, 5) is 4.04. The minimum Gasteiger partial charge on any atom is -0.369 e. The molecular weight excluding hydrogens is 214 g/mol. The second kappa shape index (κ2) is 3.79. The maximum Gasteiger partial charge on any atom is 0.241 e. The Labute approximate surface area is 88.8 Å². The molecule has 82 valence electrons. The minimum absolute atomic E-state index is 0.0608. The first kappa shape index (κ1) is 10.4. The van der Waals surface area contributed by atoms with Crippen LogP contribution < -0.4 is 10.5 Å². The molecule has 1 fully saturated rings. The Morgan fingerprint density at radius 3 is 2.87 bits per heavy atom. The lowest BCUT2D eigenvalue weighted by Gasteiger charge is -2.08. The van der Waals surface area contributed by atoms with E-state index in [4.69, 9.17) is 5.14 Å². The summed E-state index contributed by atoms with van der Waals surface area (Å²) in [5.41, 5.74) is 0. The Morgan fingerprint density at radius 2 is 2.27 bits per heavy atom. The number of nitrogens with one attached hydrogen (secondary N) is 1. The smallest absolute Gasteiger partial charge is 0.241 e. The molecule has 1 heterocycles. The fourth-order valence-electron chi connectivity index (χ4n) is 1.32. The molecule has 0 unspecified atom stereocenters. The molecule has 0 aromatic carbocycles. The van der Waals surface area contributed by atoms with Crippen LogP contribution in [0.1, 0.15) is 12.8 Å². The number of pyridine rings is 1. The number of nitrogens with two attached hydrogens (primary N) is 1. The first-order chi connectivity index (χ1) is 7.07. The van der Waals surface area contributed by atoms with Crippen LogP contribution in [0, 0.1) is 5.92 Å². The van der Waals surface area contributed by atoms with E-state index < -0.39 is 10.0 Å². The van der Waals surface area contributed by atoms with Crippen LogP contribution in [-0.4, -0.2) is 19.9 Å². The second-order valence-electron chi connectivity index (χ2n) is 3.72. The predicted octanol–water partition coefficient (Wildman–Crippen LogP) is 0.551. The van der Waals surface area contributed by atoms with Gasteiger partial charge in [-0.25, -0.2) is 18.5 Å². The van der Waals surface area contributed by atoms with E-state index in [1.165, 1.54) is 18.9 Å². The molecule has 6 heteroatoms. The number of sulfonamides is 1. The molecule has 3 N–H and O–H groups in total. The maximum absolute atomic E-state index is 11.2. The number of anilines is 1. The predicted molar refractivity (Wildman–Crippen MR) is 56.8 cm³/mol. The van der Waals surface area contributed by atoms with Crippen molar-refractivity contribution < 1.29 is 8.42 Å². The molecule has 0 radical (unpaired) electrons. The van der Waals surface area contributed by atoms with Gasteiger partial charge < -0.3 is 5.32 Å². The molecule has 15 heavy (non-hydrogen) atoms. The largest absolute Gasteiger partial charge is 0.369 e. The van der Waals surface area contributed by atoms with Gasteiger partial charge in [-0.2, -0.15) is 0 Å². The average molecular weight is 227 g/mol. The normalized spacial score (nSPS) is 16.3. The van der Waals surface area contributed by atoms with Gasteiger partial charge in [-0.05, 0) is 30.9 Å². The number of hydrogen-bond donors (Lipinski definition) is 2. The van der Waals surface area contributed by atoms with Gasteiger partial charge >= 0.3 is 0 Å². The van der Waals surface area contributed by atoms with Crippen LogP contribution in [0.25, 0.3) is 0 Å². The van der Waals surface area contributed by atoms with Gasteiger partial charge in [0.25, 0.3) is 0 Å². The zero-order valence-electron chi connectivity index (χ0n) is 8.18. The van der Waals surface area contributed by atoms with Gasteiger partial charge in [0.2, 0.25) is 10.0 Å². The molecule has 0 aliphatic heterocycles. The van der Waals surface area contributed by atoms with E-state index in [-0.39, 0.29) is 4.90 Å². The Morgan fingerprint density at radius 1 is 1.53 bits per heavy atom. The summed E-state index contributed by atoms with van der Waals surface area (Å²) in [7, 11) is -3.69. The summed E-state index contributed by atoms with van der Waals surface area (Å²) in [6.45, 7) is 0.763. The molecule has 0 atom stereocenters. The lowest BCUT2D eigenvalue weighted by Crippen LogP contribution is -2.16. The standard InChI is InChI=1S/C9H13N3O2S/c10-15(13,14)8-2-1-5-11-9(8)12-6-7-3-4-7/h1-2,5,7H,3-4,6H2,(H,11,12)(H2,10,13,14).